The molecule has 0 aliphatic rings. The summed E-state index contributed by atoms with van der Waals surface area (Å²) >= 11 is 0.956. The summed E-state index contributed by atoms with van der Waals surface area (Å²) in [6, 6.07) is 3.44. The average Bonchev–Trinajstić information content (AvgIpc) is 2.68. The first kappa shape index (κ1) is 14.0. The number of aryl methyl sites for hydroxylation is 2. The Balaban J connectivity index is 2.40. The van der Waals surface area contributed by atoms with Crippen LogP contribution >= 0.6 is 11.8 Å². The van der Waals surface area contributed by atoms with E-state index in [0.29, 0.717) is 11.5 Å². The Kier molecular flexibility index (Phi) is 3.70. The van der Waals surface area contributed by atoms with Crippen LogP contribution in [0, 0.1) is 34.1 Å². The highest BCUT2D eigenvalue weighted by molar-refractivity contribution is 7.99. The fourth-order valence-electron chi connectivity index (χ4n) is 1.43. The zero-order chi connectivity index (χ0) is 14.9. The van der Waals surface area contributed by atoms with Crippen molar-refractivity contribution in [1.29, 1.82) is 0 Å². The fraction of sp³-hybridized carbons (Fsp3) is 0.182. The molecule has 1 heterocycles. The predicted molar refractivity (Wildman–Crippen MR) is 69.9 cm³/mol. The lowest BCUT2D eigenvalue weighted by atomic mass is 10.3. The van der Waals surface area contributed by atoms with Gasteiger partial charge in [0, 0.05) is 6.07 Å². The van der Waals surface area contributed by atoms with Crippen molar-refractivity contribution >= 4 is 23.1 Å². The summed E-state index contributed by atoms with van der Waals surface area (Å²) in [6.45, 7) is 3.49. The molecule has 0 N–H and O–H groups in total. The second kappa shape index (κ2) is 5.29. The van der Waals surface area contributed by atoms with Crippen molar-refractivity contribution in [3.05, 3.63) is 49.9 Å². The van der Waals surface area contributed by atoms with Crippen molar-refractivity contribution in [2.75, 3.05) is 0 Å². The summed E-state index contributed by atoms with van der Waals surface area (Å²) in [6.07, 6.45) is 0. The molecule has 0 saturated heterocycles. The van der Waals surface area contributed by atoms with E-state index in [1.807, 2.05) is 0 Å². The standard InChI is InChI=1S/C11H9N3O5S/c1-6-7(2)19-11(12-6)20-10-4-3-8(13(15)16)5-9(10)14(17)18/h3-5H,1-2H3. The van der Waals surface area contributed by atoms with Crippen LogP contribution in [0.25, 0.3) is 0 Å². The SMILES string of the molecule is Cc1nc(Sc2ccc([N+](=O)[O-])cc2[N+](=O)[O-])oc1C. The largest absolute Gasteiger partial charge is 0.436 e. The topological polar surface area (TPSA) is 112 Å². The minimum absolute atomic E-state index is 0.238. The Morgan fingerprint density at radius 3 is 2.40 bits per heavy atom. The molecule has 1 aromatic carbocycles. The quantitative estimate of drug-likeness (QED) is 0.628. The molecule has 1 aromatic heterocycles. The predicted octanol–water partition coefficient (Wildman–Crippen LogP) is 3.26. The second-order valence-corrected chi connectivity index (χ2v) is 4.88. The summed E-state index contributed by atoms with van der Waals surface area (Å²) in [5.41, 5.74) is 0.00980. The van der Waals surface area contributed by atoms with Crippen LogP contribution in [0.15, 0.2) is 32.7 Å². The molecule has 0 unspecified atom stereocenters. The molecule has 0 saturated carbocycles. The van der Waals surface area contributed by atoms with Crippen LogP contribution in [0.3, 0.4) is 0 Å². The first-order valence-corrected chi connectivity index (χ1v) is 6.25. The molecule has 0 fully saturated rings. The van der Waals surface area contributed by atoms with E-state index in [-0.39, 0.29) is 21.5 Å². The number of aromatic nitrogens is 1. The molecule has 0 aliphatic heterocycles. The van der Waals surface area contributed by atoms with E-state index in [2.05, 4.69) is 4.98 Å². The van der Waals surface area contributed by atoms with E-state index in [0.717, 1.165) is 17.8 Å². The van der Waals surface area contributed by atoms with Crippen molar-refractivity contribution < 1.29 is 14.3 Å². The van der Waals surface area contributed by atoms with Crippen molar-refractivity contribution in [3.8, 4) is 0 Å². The lowest BCUT2D eigenvalue weighted by Crippen LogP contribution is -1.94. The number of hydrogen-bond donors (Lipinski definition) is 0. The maximum absolute atomic E-state index is 11.0. The van der Waals surface area contributed by atoms with E-state index in [1.165, 1.54) is 12.1 Å². The highest BCUT2D eigenvalue weighted by Crippen LogP contribution is 2.36. The van der Waals surface area contributed by atoms with Gasteiger partial charge in [0.05, 0.1) is 26.5 Å². The summed E-state index contributed by atoms with van der Waals surface area (Å²) in [5, 5.41) is 21.9. The van der Waals surface area contributed by atoms with Gasteiger partial charge in [-0.25, -0.2) is 4.98 Å². The van der Waals surface area contributed by atoms with Crippen LogP contribution in [-0.2, 0) is 0 Å². The van der Waals surface area contributed by atoms with E-state index in [9.17, 15) is 20.2 Å². The Morgan fingerprint density at radius 1 is 1.20 bits per heavy atom. The number of nitrogens with zero attached hydrogens (tertiary/aromatic N) is 3. The minimum Gasteiger partial charge on any atom is -0.436 e. The number of benzene rings is 1. The fourth-order valence-corrected chi connectivity index (χ4v) is 2.34. The Bertz CT molecular complexity index is 678. The van der Waals surface area contributed by atoms with Crippen molar-refractivity contribution in [3.63, 3.8) is 0 Å². The number of nitro benzene ring substituents is 2. The van der Waals surface area contributed by atoms with E-state index < -0.39 is 9.85 Å². The molecular formula is C11H9N3O5S. The molecule has 0 spiro atoms. The maximum atomic E-state index is 11.0. The highest BCUT2D eigenvalue weighted by Gasteiger charge is 2.21. The normalized spacial score (nSPS) is 10.5. The summed E-state index contributed by atoms with van der Waals surface area (Å²) in [4.78, 5) is 24.6. The summed E-state index contributed by atoms with van der Waals surface area (Å²) in [7, 11) is 0. The number of non-ortho nitro benzene ring substituents is 1. The van der Waals surface area contributed by atoms with Crippen LogP contribution in [0.5, 0.6) is 0 Å². The van der Waals surface area contributed by atoms with Gasteiger partial charge in [0.15, 0.2) is 0 Å². The van der Waals surface area contributed by atoms with E-state index >= 15 is 0 Å². The van der Waals surface area contributed by atoms with Gasteiger partial charge >= 0.3 is 0 Å². The van der Waals surface area contributed by atoms with Gasteiger partial charge < -0.3 is 4.42 Å². The van der Waals surface area contributed by atoms with Crippen LogP contribution < -0.4 is 0 Å². The molecule has 104 valence electrons. The minimum atomic E-state index is -0.680. The van der Waals surface area contributed by atoms with Gasteiger partial charge in [-0.05, 0) is 31.7 Å². The Labute approximate surface area is 117 Å². The average molecular weight is 295 g/mol. The van der Waals surface area contributed by atoms with Gasteiger partial charge in [0.1, 0.15) is 5.76 Å². The van der Waals surface area contributed by atoms with Gasteiger partial charge in [0.25, 0.3) is 16.6 Å². The number of hydrogen-bond acceptors (Lipinski definition) is 7. The molecule has 0 atom stereocenters. The first-order chi connectivity index (χ1) is 9.38. The number of nitro groups is 2. The van der Waals surface area contributed by atoms with E-state index in [4.69, 9.17) is 4.42 Å². The number of oxazole rings is 1. The number of rotatable bonds is 4. The zero-order valence-corrected chi connectivity index (χ0v) is 11.3. The molecule has 0 radical (unpaired) electrons. The van der Waals surface area contributed by atoms with Gasteiger partial charge in [-0.15, -0.1) is 0 Å². The molecule has 0 amide bonds. The van der Waals surface area contributed by atoms with Gasteiger partial charge in [0.2, 0.25) is 0 Å². The molecule has 0 bridgehead atoms. The van der Waals surface area contributed by atoms with Crippen LogP contribution in [0.4, 0.5) is 11.4 Å². The summed E-state index contributed by atoms with van der Waals surface area (Å²) < 4.78 is 5.33. The lowest BCUT2D eigenvalue weighted by Gasteiger charge is -1.99. The monoisotopic (exact) mass is 295 g/mol. The molecule has 2 rings (SSSR count). The smallest absolute Gasteiger partial charge is 0.290 e. The molecule has 9 heteroatoms. The molecule has 0 aliphatic carbocycles. The molecule has 2 aromatic rings. The third-order valence-corrected chi connectivity index (χ3v) is 3.47. The Hall–Kier alpha value is -2.42. The third kappa shape index (κ3) is 2.77. The lowest BCUT2D eigenvalue weighted by molar-refractivity contribution is -0.396. The molecule has 20 heavy (non-hydrogen) atoms. The Morgan fingerprint density at radius 2 is 1.90 bits per heavy atom. The third-order valence-electron chi connectivity index (χ3n) is 2.56. The van der Waals surface area contributed by atoms with Crippen LogP contribution in [0.1, 0.15) is 11.5 Å². The zero-order valence-electron chi connectivity index (χ0n) is 10.5. The van der Waals surface area contributed by atoms with E-state index in [1.54, 1.807) is 13.8 Å². The maximum Gasteiger partial charge on any atom is 0.290 e. The summed E-state index contributed by atoms with van der Waals surface area (Å²) in [5.74, 6) is 0.622. The first-order valence-electron chi connectivity index (χ1n) is 5.43. The van der Waals surface area contributed by atoms with Gasteiger partial charge in [-0.1, -0.05) is 0 Å². The second-order valence-electron chi connectivity index (χ2n) is 3.89. The highest BCUT2D eigenvalue weighted by atomic mass is 32.2. The van der Waals surface area contributed by atoms with Crippen molar-refractivity contribution in [2.45, 2.75) is 24.0 Å². The molecular weight excluding hydrogens is 286 g/mol. The van der Waals surface area contributed by atoms with Gasteiger partial charge in [-0.3, -0.25) is 20.2 Å². The van der Waals surface area contributed by atoms with Crippen LogP contribution in [-0.4, -0.2) is 14.8 Å². The van der Waals surface area contributed by atoms with Crippen LogP contribution in [0.2, 0.25) is 0 Å². The van der Waals surface area contributed by atoms with Crippen molar-refractivity contribution in [1.82, 2.24) is 4.98 Å². The van der Waals surface area contributed by atoms with Gasteiger partial charge in [-0.2, -0.15) is 0 Å². The van der Waals surface area contributed by atoms with Crippen molar-refractivity contribution in [2.24, 2.45) is 0 Å². The molecule has 8 nitrogen and oxygen atoms in total.